The molecule has 0 aliphatic carbocycles. The van der Waals surface area contributed by atoms with Crippen molar-refractivity contribution in [2.75, 3.05) is 14.2 Å². The summed E-state index contributed by atoms with van der Waals surface area (Å²) in [6, 6.07) is 6.65. The van der Waals surface area contributed by atoms with Crippen LogP contribution in [0.1, 0.15) is 5.56 Å². The van der Waals surface area contributed by atoms with Gasteiger partial charge < -0.3 is 9.47 Å². The number of benzene rings is 1. The summed E-state index contributed by atoms with van der Waals surface area (Å²) in [6.07, 6.45) is 1.37. The zero-order valence-electron chi connectivity index (χ0n) is 10.0. The number of ether oxygens (including phenoxy) is 2. The van der Waals surface area contributed by atoms with Crippen LogP contribution in [0.3, 0.4) is 0 Å². The first-order valence-corrected chi connectivity index (χ1v) is 5.06. The van der Waals surface area contributed by atoms with Crippen molar-refractivity contribution in [3.05, 3.63) is 35.4 Å². The Morgan fingerprint density at radius 1 is 1.11 bits per heavy atom. The Labute approximate surface area is 104 Å². The number of carbonyl (C=O) groups excluding carboxylic acids is 3. The highest BCUT2D eigenvalue weighted by Gasteiger charge is 2.17. The van der Waals surface area contributed by atoms with Gasteiger partial charge in [-0.05, 0) is 23.8 Å². The number of ketones is 1. The molecule has 1 rings (SSSR count). The van der Waals surface area contributed by atoms with Crippen molar-refractivity contribution in [1.82, 2.24) is 0 Å². The van der Waals surface area contributed by atoms with Crippen LogP contribution in [-0.2, 0) is 19.1 Å². The molecule has 0 saturated carbocycles. The van der Waals surface area contributed by atoms with E-state index >= 15 is 0 Å². The number of methoxy groups -OCH3 is 2. The maximum absolute atomic E-state index is 11.3. The summed E-state index contributed by atoms with van der Waals surface area (Å²) in [5.41, 5.74) is 0.282. The topological polar surface area (TPSA) is 69.7 Å². The summed E-state index contributed by atoms with van der Waals surface area (Å²) < 4.78 is 9.42. The van der Waals surface area contributed by atoms with Gasteiger partial charge in [-0.1, -0.05) is 12.1 Å². The van der Waals surface area contributed by atoms with E-state index in [4.69, 9.17) is 4.74 Å². The molecule has 0 saturated heterocycles. The first kappa shape index (κ1) is 13.6. The third-order valence-electron chi connectivity index (χ3n) is 2.20. The van der Waals surface area contributed by atoms with Crippen molar-refractivity contribution < 1.29 is 23.9 Å². The fourth-order valence-corrected chi connectivity index (χ4v) is 1.27. The molecular weight excluding hydrogens is 236 g/mol. The van der Waals surface area contributed by atoms with E-state index in [1.807, 2.05) is 0 Å². The van der Waals surface area contributed by atoms with Crippen molar-refractivity contribution in [3.63, 3.8) is 0 Å². The highest BCUT2D eigenvalue weighted by Crippen LogP contribution is 2.14. The number of hydrogen-bond donors (Lipinski definition) is 0. The van der Waals surface area contributed by atoms with Crippen LogP contribution in [0.4, 0.5) is 0 Å². The number of esters is 1. The highest BCUT2D eigenvalue weighted by atomic mass is 16.5. The molecule has 0 amide bonds. The third-order valence-corrected chi connectivity index (χ3v) is 2.20. The van der Waals surface area contributed by atoms with Gasteiger partial charge in [0.15, 0.2) is 6.29 Å². The average Bonchev–Trinajstić information content (AvgIpc) is 2.43. The smallest absolute Gasteiger partial charge is 0.341 e. The lowest BCUT2D eigenvalue weighted by atomic mass is 10.1. The van der Waals surface area contributed by atoms with E-state index in [9.17, 15) is 14.4 Å². The molecule has 18 heavy (non-hydrogen) atoms. The maximum atomic E-state index is 11.3. The van der Waals surface area contributed by atoms with Crippen molar-refractivity contribution in [2.24, 2.45) is 0 Å². The van der Waals surface area contributed by atoms with Gasteiger partial charge in [-0.15, -0.1) is 0 Å². The summed E-state index contributed by atoms with van der Waals surface area (Å²) in [6.45, 7) is 0. The molecule has 0 atom stereocenters. The van der Waals surface area contributed by atoms with Crippen molar-refractivity contribution >= 4 is 24.1 Å². The number of aldehydes is 1. The second-order valence-electron chi connectivity index (χ2n) is 3.30. The molecule has 0 aliphatic rings. The van der Waals surface area contributed by atoms with Gasteiger partial charge in [0.2, 0.25) is 5.78 Å². The number of Topliss-reactive ketones (excluding diaryl/α,β-unsaturated/α-hetero) is 1. The predicted octanol–water partition coefficient (Wildman–Crippen LogP) is 1.02. The molecule has 0 fully saturated rings. The first-order valence-electron chi connectivity index (χ1n) is 5.06. The summed E-state index contributed by atoms with van der Waals surface area (Å²) in [5.74, 6) is -1.12. The molecule has 0 spiro atoms. The quantitative estimate of drug-likeness (QED) is 0.194. The van der Waals surface area contributed by atoms with Crippen LogP contribution in [-0.4, -0.2) is 32.3 Å². The van der Waals surface area contributed by atoms with Crippen LogP contribution in [0, 0.1) is 0 Å². The van der Waals surface area contributed by atoms with E-state index in [2.05, 4.69) is 4.74 Å². The molecule has 1 aromatic carbocycles. The summed E-state index contributed by atoms with van der Waals surface area (Å²) in [7, 11) is 2.67. The van der Waals surface area contributed by atoms with E-state index in [0.717, 1.165) is 7.11 Å². The number of hydrogen-bond acceptors (Lipinski definition) is 5. The van der Waals surface area contributed by atoms with Gasteiger partial charge in [-0.2, -0.15) is 0 Å². The van der Waals surface area contributed by atoms with Gasteiger partial charge in [0.1, 0.15) is 11.3 Å². The Morgan fingerprint density at radius 2 is 1.72 bits per heavy atom. The van der Waals surface area contributed by atoms with Gasteiger partial charge in [0.05, 0.1) is 14.2 Å². The standard InChI is InChI=1S/C13H12O5/c1-17-10-5-3-9(4-6-10)7-11(12(15)8-14)13(16)18-2/h3-8H,1-2H3/b11-7+. The minimum Gasteiger partial charge on any atom is -0.497 e. The molecule has 0 unspecified atom stereocenters. The zero-order chi connectivity index (χ0) is 13.5. The van der Waals surface area contributed by atoms with E-state index in [0.29, 0.717) is 11.3 Å². The monoisotopic (exact) mass is 248 g/mol. The second-order valence-corrected chi connectivity index (χ2v) is 3.30. The lowest BCUT2D eigenvalue weighted by molar-refractivity contribution is -0.139. The van der Waals surface area contributed by atoms with Crippen molar-refractivity contribution in [3.8, 4) is 5.75 Å². The number of rotatable bonds is 5. The van der Waals surface area contributed by atoms with Crippen LogP contribution < -0.4 is 4.74 Å². The molecule has 94 valence electrons. The molecule has 0 aromatic heterocycles. The van der Waals surface area contributed by atoms with Crippen LogP contribution >= 0.6 is 0 Å². The Morgan fingerprint density at radius 3 is 2.17 bits per heavy atom. The van der Waals surface area contributed by atoms with Gasteiger partial charge in [0, 0.05) is 0 Å². The third kappa shape index (κ3) is 3.28. The SMILES string of the molecule is COC(=O)/C(=C/c1ccc(OC)cc1)C(=O)C=O. The van der Waals surface area contributed by atoms with Crippen LogP contribution in [0.15, 0.2) is 29.8 Å². The minimum absolute atomic E-state index is 0.0757. The summed E-state index contributed by atoms with van der Waals surface area (Å²) in [5, 5.41) is 0. The molecule has 0 bridgehead atoms. The normalized spacial score (nSPS) is 10.7. The Bertz CT molecular complexity index is 485. The Balaban J connectivity index is 3.10. The molecule has 1 aromatic rings. The van der Waals surface area contributed by atoms with Crippen LogP contribution in [0.5, 0.6) is 5.75 Å². The van der Waals surface area contributed by atoms with Gasteiger partial charge in [-0.25, -0.2) is 4.79 Å². The molecule has 0 radical (unpaired) electrons. The van der Waals surface area contributed by atoms with Gasteiger partial charge >= 0.3 is 5.97 Å². The number of carbonyl (C=O) groups is 3. The van der Waals surface area contributed by atoms with E-state index < -0.39 is 11.8 Å². The van der Waals surface area contributed by atoms with Crippen LogP contribution in [0.2, 0.25) is 0 Å². The largest absolute Gasteiger partial charge is 0.497 e. The minimum atomic E-state index is -0.919. The maximum Gasteiger partial charge on any atom is 0.341 e. The van der Waals surface area contributed by atoms with Crippen molar-refractivity contribution in [1.29, 1.82) is 0 Å². The highest BCUT2D eigenvalue weighted by molar-refractivity contribution is 6.42. The lowest BCUT2D eigenvalue weighted by Gasteiger charge is -2.02. The van der Waals surface area contributed by atoms with E-state index in [1.54, 1.807) is 24.3 Å². The van der Waals surface area contributed by atoms with Gasteiger partial charge in [-0.3, -0.25) is 9.59 Å². The molecule has 0 aliphatic heterocycles. The molecule has 0 N–H and O–H groups in total. The second kappa shape index (κ2) is 6.34. The predicted molar refractivity (Wildman–Crippen MR) is 64.1 cm³/mol. The van der Waals surface area contributed by atoms with Crippen molar-refractivity contribution in [2.45, 2.75) is 0 Å². The zero-order valence-corrected chi connectivity index (χ0v) is 10.0. The fraction of sp³-hybridized carbons (Fsp3) is 0.154. The average molecular weight is 248 g/mol. The first-order chi connectivity index (χ1) is 8.62. The molecule has 5 heteroatoms. The van der Waals surface area contributed by atoms with Crippen LogP contribution in [0.25, 0.3) is 6.08 Å². The fourth-order valence-electron chi connectivity index (χ4n) is 1.27. The lowest BCUT2D eigenvalue weighted by Crippen LogP contribution is -2.15. The summed E-state index contributed by atoms with van der Waals surface area (Å²) >= 11 is 0. The van der Waals surface area contributed by atoms with Gasteiger partial charge in [0.25, 0.3) is 0 Å². The summed E-state index contributed by atoms with van der Waals surface area (Å²) in [4.78, 5) is 33.1. The molecule has 0 heterocycles. The van der Waals surface area contributed by atoms with E-state index in [-0.39, 0.29) is 11.9 Å². The molecular formula is C13H12O5. The Kier molecular flexibility index (Phi) is 4.80. The van der Waals surface area contributed by atoms with E-state index in [1.165, 1.54) is 13.2 Å². The Hall–Kier alpha value is -2.43. The molecule has 5 nitrogen and oxygen atoms in total.